The molecule has 0 unspecified atom stereocenters. The number of rotatable bonds is 5. The van der Waals surface area contributed by atoms with Gasteiger partial charge in [0, 0.05) is 38.8 Å². The smallest absolute Gasteiger partial charge is 0.297 e. The van der Waals surface area contributed by atoms with E-state index in [2.05, 4.69) is 47.9 Å². The molecular weight excluding hydrogens is 380 g/mol. The molecule has 0 spiro atoms. The highest BCUT2D eigenvalue weighted by Crippen LogP contribution is 2.31. The lowest BCUT2D eigenvalue weighted by Gasteiger charge is -2.36. The SMILES string of the molecule is Cc1cccc(CN2CCN(CN3C(=O)C(=O)N([C@@H]4CCCC[C@H]4C)C3=O)CC2)c1. The van der Waals surface area contributed by atoms with E-state index in [-0.39, 0.29) is 18.6 Å². The Bertz CT molecular complexity index is 818. The van der Waals surface area contributed by atoms with Crippen LogP contribution in [0.15, 0.2) is 24.3 Å². The number of imide groups is 2. The van der Waals surface area contributed by atoms with Crippen molar-refractivity contribution in [1.29, 1.82) is 0 Å². The molecule has 2 heterocycles. The quantitative estimate of drug-likeness (QED) is 0.549. The lowest BCUT2D eigenvalue weighted by Crippen LogP contribution is -2.51. The molecule has 7 nitrogen and oxygen atoms in total. The van der Waals surface area contributed by atoms with Crippen molar-refractivity contribution in [3.8, 4) is 0 Å². The molecule has 2 aliphatic heterocycles. The van der Waals surface area contributed by atoms with Gasteiger partial charge in [-0.1, -0.05) is 49.6 Å². The van der Waals surface area contributed by atoms with Crippen LogP contribution in [0.25, 0.3) is 0 Å². The summed E-state index contributed by atoms with van der Waals surface area (Å²) in [7, 11) is 0. The van der Waals surface area contributed by atoms with Crippen LogP contribution in [0.3, 0.4) is 0 Å². The summed E-state index contributed by atoms with van der Waals surface area (Å²) in [5.41, 5.74) is 2.56. The molecule has 0 bridgehead atoms. The molecular formula is C23H32N4O3. The number of hydrogen-bond acceptors (Lipinski definition) is 5. The van der Waals surface area contributed by atoms with Crippen LogP contribution < -0.4 is 0 Å². The fourth-order valence-electron chi connectivity index (χ4n) is 4.98. The van der Waals surface area contributed by atoms with E-state index in [1.165, 1.54) is 16.0 Å². The average molecular weight is 413 g/mol. The topological polar surface area (TPSA) is 64.2 Å². The van der Waals surface area contributed by atoms with Crippen molar-refractivity contribution in [2.45, 2.75) is 52.1 Å². The van der Waals surface area contributed by atoms with Crippen molar-refractivity contribution >= 4 is 17.8 Å². The summed E-state index contributed by atoms with van der Waals surface area (Å²) < 4.78 is 0. The molecule has 0 radical (unpaired) electrons. The fourth-order valence-corrected chi connectivity index (χ4v) is 4.98. The van der Waals surface area contributed by atoms with Crippen molar-refractivity contribution in [2.24, 2.45) is 5.92 Å². The Kier molecular flexibility index (Phi) is 6.20. The highest BCUT2D eigenvalue weighted by molar-refractivity contribution is 6.44. The number of hydrogen-bond donors (Lipinski definition) is 0. The first kappa shape index (κ1) is 21.0. The molecule has 4 rings (SSSR count). The van der Waals surface area contributed by atoms with E-state index in [0.717, 1.165) is 63.3 Å². The molecule has 7 heteroatoms. The van der Waals surface area contributed by atoms with Crippen molar-refractivity contribution in [3.63, 3.8) is 0 Å². The molecule has 3 aliphatic rings. The second kappa shape index (κ2) is 8.86. The van der Waals surface area contributed by atoms with E-state index in [0.29, 0.717) is 0 Å². The van der Waals surface area contributed by atoms with Gasteiger partial charge < -0.3 is 0 Å². The summed E-state index contributed by atoms with van der Waals surface area (Å²) in [6.07, 6.45) is 3.93. The number of nitrogens with zero attached hydrogens (tertiary/aromatic N) is 4. The van der Waals surface area contributed by atoms with Crippen LogP contribution in [0.2, 0.25) is 0 Å². The Labute approximate surface area is 178 Å². The maximum absolute atomic E-state index is 13.0. The molecule has 3 fully saturated rings. The monoisotopic (exact) mass is 412 g/mol. The van der Waals surface area contributed by atoms with Crippen molar-refractivity contribution in [3.05, 3.63) is 35.4 Å². The first-order valence-corrected chi connectivity index (χ1v) is 11.1. The van der Waals surface area contributed by atoms with Gasteiger partial charge in [-0.2, -0.15) is 0 Å². The van der Waals surface area contributed by atoms with Gasteiger partial charge in [0.2, 0.25) is 0 Å². The lowest BCUT2D eigenvalue weighted by atomic mass is 9.85. The Morgan fingerprint density at radius 1 is 0.933 bits per heavy atom. The van der Waals surface area contributed by atoms with Gasteiger partial charge in [0.1, 0.15) is 0 Å². The highest BCUT2D eigenvalue weighted by atomic mass is 16.2. The van der Waals surface area contributed by atoms with E-state index in [4.69, 9.17) is 0 Å². The number of carbonyl (C=O) groups excluding carboxylic acids is 3. The summed E-state index contributed by atoms with van der Waals surface area (Å²) in [4.78, 5) is 45.0. The Morgan fingerprint density at radius 2 is 1.63 bits per heavy atom. The van der Waals surface area contributed by atoms with Crippen LogP contribution in [0.1, 0.15) is 43.7 Å². The van der Waals surface area contributed by atoms with E-state index >= 15 is 0 Å². The number of carbonyl (C=O) groups is 3. The molecule has 2 atom stereocenters. The fraction of sp³-hybridized carbons (Fsp3) is 0.609. The van der Waals surface area contributed by atoms with Crippen LogP contribution >= 0.6 is 0 Å². The highest BCUT2D eigenvalue weighted by Gasteiger charge is 2.49. The number of urea groups is 1. The van der Waals surface area contributed by atoms with Gasteiger partial charge in [-0.3, -0.25) is 24.3 Å². The lowest BCUT2D eigenvalue weighted by molar-refractivity contribution is -0.145. The summed E-state index contributed by atoms with van der Waals surface area (Å²) >= 11 is 0. The average Bonchev–Trinajstić information content (AvgIpc) is 2.93. The third kappa shape index (κ3) is 4.27. The molecule has 162 valence electrons. The van der Waals surface area contributed by atoms with Crippen LogP contribution in [-0.4, -0.2) is 76.3 Å². The van der Waals surface area contributed by atoms with Gasteiger partial charge in [0.15, 0.2) is 0 Å². The Hall–Kier alpha value is -2.25. The molecule has 1 aliphatic carbocycles. The molecule has 0 N–H and O–H groups in total. The summed E-state index contributed by atoms with van der Waals surface area (Å²) in [6, 6.07) is 7.98. The van der Waals surface area contributed by atoms with E-state index in [1.807, 2.05) is 0 Å². The summed E-state index contributed by atoms with van der Waals surface area (Å²) in [6.45, 7) is 8.59. The third-order valence-corrected chi connectivity index (χ3v) is 6.78. The van der Waals surface area contributed by atoms with Gasteiger partial charge in [-0.05, 0) is 31.2 Å². The van der Waals surface area contributed by atoms with Crippen molar-refractivity contribution < 1.29 is 14.4 Å². The maximum atomic E-state index is 13.0. The van der Waals surface area contributed by atoms with Crippen LogP contribution in [0.4, 0.5) is 4.79 Å². The van der Waals surface area contributed by atoms with Gasteiger partial charge in [-0.15, -0.1) is 0 Å². The largest absolute Gasteiger partial charge is 0.335 e. The normalized spacial score (nSPS) is 26.7. The molecule has 4 amide bonds. The first-order chi connectivity index (χ1) is 14.4. The minimum atomic E-state index is -0.667. The van der Waals surface area contributed by atoms with Crippen molar-refractivity contribution in [1.82, 2.24) is 19.6 Å². The first-order valence-electron chi connectivity index (χ1n) is 11.1. The summed E-state index contributed by atoms with van der Waals surface area (Å²) in [5.74, 6) is -1.05. The molecule has 2 saturated heterocycles. The van der Waals surface area contributed by atoms with Crippen molar-refractivity contribution in [2.75, 3.05) is 32.8 Å². The molecule has 30 heavy (non-hydrogen) atoms. The third-order valence-electron chi connectivity index (χ3n) is 6.78. The van der Waals surface area contributed by atoms with Crippen LogP contribution in [0.5, 0.6) is 0 Å². The minimum absolute atomic E-state index is 0.140. The molecule has 1 aromatic rings. The molecule has 1 aromatic carbocycles. The van der Waals surface area contributed by atoms with Crippen LogP contribution in [-0.2, 0) is 16.1 Å². The number of benzene rings is 1. The number of amides is 4. The predicted octanol–water partition coefficient (Wildman–Crippen LogP) is 2.44. The predicted molar refractivity (Wildman–Crippen MR) is 113 cm³/mol. The zero-order chi connectivity index (χ0) is 21.3. The van der Waals surface area contributed by atoms with Crippen LogP contribution in [0, 0.1) is 12.8 Å². The second-order valence-electron chi connectivity index (χ2n) is 9.04. The molecule has 0 aromatic heterocycles. The summed E-state index contributed by atoms with van der Waals surface area (Å²) in [5, 5.41) is 0. The number of aryl methyl sites for hydroxylation is 1. The zero-order valence-electron chi connectivity index (χ0n) is 18.0. The Balaban J connectivity index is 1.33. The van der Waals surface area contributed by atoms with E-state index < -0.39 is 17.8 Å². The van der Waals surface area contributed by atoms with E-state index in [1.54, 1.807) is 0 Å². The van der Waals surface area contributed by atoms with Gasteiger partial charge in [-0.25, -0.2) is 9.69 Å². The minimum Gasteiger partial charge on any atom is -0.297 e. The van der Waals surface area contributed by atoms with E-state index in [9.17, 15) is 14.4 Å². The maximum Gasteiger partial charge on any atom is 0.335 e. The second-order valence-corrected chi connectivity index (χ2v) is 9.04. The zero-order valence-corrected chi connectivity index (χ0v) is 18.0. The van der Waals surface area contributed by atoms with Gasteiger partial charge in [0.25, 0.3) is 0 Å². The van der Waals surface area contributed by atoms with Gasteiger partial charge in [0.05, 0.1) is 6.67 Å². The van der Waals surface area contributed by atoms with Gasteiger partial charge >= 0.3 is 17.8 Å². The Morgan fingerprint density at radius 3 is 2.33 bits per heavy atom. The molecule has 1 saturated carbocycles. The number of piperazine rings is 1. The standard InChI is InChI=1S/C23H32N4O3/c1-17-6-5-8-19(14-17)15-24-10-12-25(13-11-24)16-26-21(28)22(29)27(23(26)30)20-9-4-3-7-18(20)2/h5-6,8,14,18,20H,3-4,7,9-13,15-16H2,1-2H3/t18-,20-/m1/s1.